The second-order valence-electron chi connectivity index (χ2n) is 4.86. The minimum Gasteiger partial charge on any atom is -0.478 e. The highest BCUT2D eigenvalue weighted by Crippen LogP contribution is 2.18. The predicted octanol–water partition coefficient (Wildman–Crippen LogP) is 2.48. The van der Waals surface area contributed by atoms with E-state index in [4.69, 9.17) is 9.63 Å². The molecule has 6 heteroatoms. The smallest absolute Gasteiger partial charge is 0.335 e. The summed E-state index contributed by atoms with van der Waals surface area (Å²) in [5, 5.41) is 15.5. The lowest BCUT2D eigenvalue weighted by atomic mass is 10.1. The molecule has 0 aliphatic rings. The van der Waals surface area contributed by atoms with Gasteiger partial charge in [0.1, 0.15) is 5.76 Å². The molecule has 2 N–H and O–H groups in total. The number of carbonyl (C=O) groups is 2. The summed E-state index contributed by atoms with van der Waals surface area (Å²) in [5.41, 5.74) is 2.85. The third-order valence-electron chi connectivity index (χ3n) is 3.28. The summed E-state index contributed by atoms with van der Waals surface area (Å²) in [4.78, 5) is 23.1. The average molecular weight is 288 g/mol. The van der Waals surface area contributed by atoms with Crippen molar-refractivity contribution >= 4 is 17.6 Å². The number of nitrogens with zero attached hydrogens (tertiary/aromatic N) is 1. The van der Waals surface area contributed by atoms with Gasteiger partial charge < -0.3 is 14.9 Å². The van der Waals surface area contributed by atoms with Crippen molar-refractivity contribution < 1.29 is 19.2 Å². The van der Waals surface area contributed by atoms with Gasteiger partial charge in [-0.1, -0.05) is 11.2 Å². The van der Waals surface area contributed by atoms with E-state index in [2.05, 4.69) is 10.5 Å². The van der Waals surface area contributed by atoms with Crippen LogP contribution < -0.4 is 5.32 Å². The van der Waals surface area contributed by atoms with Crippen LogP contribution in [-0.2, 0) is 11.2 Å². The maximum atomic E-state index is 12.1. The summed E-state index contributed by atoms with van der Waals surface area (Å²) < 4.78 is 5.01. The summed E-state index contributed by atoms with van der Waals surface area (Å²) in [6.45, 7) is 5.32. The van der Waals surface area contributed by atoms with Crippen LogP contribution in [0.1, 0.15) is 32.9 Å². The summed E-state index contributed by atoms with van der Waals surface area (Å²) in [5.74, 6) is -0.662. The first-order chi connectivity index (χ1) is 9.88. The number of amides is 1. The zero-order valence-electron chi connectivity index (χ0n) is 12.1. The highest BCUT2D eigenvalue weighted by atomic mass is 16.5. The highest BCUT2D eigenvalue weighted by Gasteiger charge is 2.15. The van der Waals surface area contributed by atoms with Crippen LogP contribution in [0.3, 0.4) is 0 Å². The van der Waals surface area contributed by atoms with E-state index in [0.29, 0.717) is 17.1 Å². The topological polar surface area (TPSA) is 92.4 Å². The molecule has 0 saturated carbocycles. The Morgan fingerprint density at radius 3 is 2.57 bits per heavy atom. The Kier molecular flexibility index (Phi) is 4.07. The number of benzene rings is 1. The fraction of sp³-hybridized carbons (Fsp3) is 0.267. The zero-order chi connectivity index (χ0) is 15.6. The lowest BCUT2D eigenvalue weighted by Gasteiger charge is -2.09. The number of aryl methyl sites for hydroxylation is 3. The number of carboxylic acid groups (broad SMARTS) is 1. The molecule has 1 heterocycles. The van der Waals surface area contributed by atoms with Crippen molar-refractivity contribution in [2.45, 2.75) is 27.2 Å². The Morgan fingerprint density at radius 2 is 2.00 bits per heavy atom. The van der Waals surface area contributed by atoms with Crippen molar-refractivity contribution in [1.82, 2.24) is 5.16 Å². The van der Waals surface area contributed by atoms with E-state index in [-0.39, 0.29) is 17.9 Å². The van der Waals surface area contributed by atoms with Crippen molar-refractivity contribution in [3.8, 4) is 0 Å². The van der Waals surface area contributed by atoms with E-state index in [1.54, 1.807) is 26.8 Å². The number of hydrogen-bond donors (Lipinski definition) is 2. The summed E-state index contributed by atoms with van der Waals surface area (Å²) in [6, 6.07) is 4.61. The number of aromatic nitrogens is 1. The van der Waals surface area contributed by atoms with Crippen LogP contribution in [0.5, 0.6) is 0 Å². The van der Waals surface area contributed by atoms with Gasteiger partial charge in [-0.05, 0) is 38.5 Å². The molecule has 0 bridgehead atoms. The van der Waals surface area contributed by atoms with Crippen LogP contribution >= 0.6 is 0 Å². The Hall–Kier alpha value is -2.63. The third-order valence-corrected chi connectivity index (χ3v) is 3.28. The van der Waals surface area contributed by atoms with Crippen LogP contribution in [0.25, 0.3) is 0 Å². The SMILES string of the molecule is Cc1ccc(C(=O)O)cc1NC(=O)Cc1c(C)noc1C. The first kappa shape index (κ1) is 14.8. The maximum absolute atomic E-state index is 12.1. The van der Waals surface area contributed by atoms with Gasteiger partial charge in [0.2, 0.25) is 5.91 Å². The van der Waals surface area contributed by atoms with Crippen LogP contribution in [-0.4, -0.2) is 22.1 Å². The Morgan fingerprint density at radius 1 is 1.29 bits per heavy atom. The molecule has 1 amide bonds. The Labute approximate surface area is 121 Å². The number of rotatable bonds is 4. The van der Waals surface area contributed by atoms with E-state index >= 15 is 0 Å². The van der Waals surface area contributed by atoms with Crippen molar-refractivity contribution in [3.05, 3.63) is 46.3 Å². The van der Waals surface area contributed by atoms with E-state index < -0.39 is 5.97 Å². The molecule has 0 fully saturated rings. The van der Waals surface area contributed by atoms with Crippen molar-refractivity contribution in [2.24, 2.45) is 0 Å². The molecule has 0 saturated heterocycles. The molecular weight excluding hydrogens is 272 g/mol. The van der Waals surface area contributed by atoms with Gasteiger partial charge in [0.05, 0.1) is 17.7 Å². The second kappa shape index (κ2) is 5.78. The molecule has 110 valence electrons. The van der Waals surface area contributed by atoms with Gasteiger partial charge in [0.15, 0.2) is 0 Å². The monoisotopic (exact) mass is 288 g/mol. The quantitative estimate of drug-likeness (QED) is 0.901. The Bertz CT molecular complexity index is 684. The van der Waals surface area contributed by atoms with Crippen molar-refractivity contribution in [1.29, 1.82) is 0 Å². The molecule has 2 aromatic rings. The lowest BCUT2D eigenvalue weighted by Crippen LogP contribution is -2.16. The average Bonchev–Trinajstić information content (AvgIpc) is 2.73. The first-order valence-corrected chi connectivity index (χ1v) is 6.44. The molecule has 2 rings (SSSR count). The molecule has 0 radical (unpaired) electrons. The van der Waals surface area contributed by atoms with Crippen molar-refractivity contribution in [3.63, 3.8) is 0 Å². The Balaban J connectivity index is 2.16. The third kappa shape index (κ3) is 3.28. The number of carbonyl (C=O) groups excluding carboxylic acids is 1. The van der Waals surface area contributed by atoms with Gasteiger partial charge in [-0.3, -0.25) is 4.79 Å². The molecule has 0 atom stereocenters. The molecule has 0 aliphatic carbocycles. The lowest BCUT2D eigenvalue weighted by molar-refractivity contribution is -0.115. The standard InChI is InChI=1S/C15H16N2O4/c1-8-4-5-11(15(19)20)6-13(8)16-14(18)7-12-9(2)17-21-10(12)3/h4-6H,7H2,1-3H3,(H,16,18)(H,19,20). The molecule has 0 aliphatic heterocycles. The summed E-state index contributed by atoms with van der Waals surface area (Å²) >= 11 is 0. The highest BCUT2D eigenvalue weighted by molar-refractivity contribution is 5.95. The molecule has 1 aromatic carbocycles. The van der Waals surface area contributed by atoms with Gasteiger partial charge >= 0.3 is 5.97 Å². The molecule has 0 spiro atoms. The van der Waals surface area contributed by atoms with E-state index in [1.165, 1.54) is 12.1 Å². The molecule has 21 heavy (non-hydrogen) atoms. The van der Waals surface area contributed by atoms with Crippen LogP contribution in [0.2, 0.25) is 0 Å². The second-order valence-corrected chi connectivity index (χ2v) is 4.86. The fourth-order valence-corrected chi connectivity index (χ4v) is 2.00. The minimum atomic E-state index is -1.03. The number of hydrogen-bond acceptors (Lipinski definition) is 4. The molecule has 1 aromatic heterocycles. The van der Waals surface area contributed by atoms with Gasteiger partial charge in [0.25, 0.3) is 0 Å². The molecule has 6 nitrogen and oxygen atoms in total. The maximum Gasteiger partial charge on any atom is 0.335 e. The number of anilines is 1. The summed E-state index contributed by atoms with van der Waals surface area (Å²) in [7, 11) is 0. The normalized spacial score (nSPS) is 10.4. The van der Waals surface area contributed by atoms with Crippen LogP contribution in [0.15, 0.2) is 22.7 Å². The zero-order valence-corrected chi connectivity index (χ0v) is 12.1. The van der Waals surface area contributed by atoms with Gasteiger partial charge in [-0.15, -0.1) is 0 Å². The van der Waals surface area contributed by atoms with Crippen LogP contribution in [0.4, 0.5) is 5.69 Å². The minimum absolute atomic E-state index is 0.133. The van der Waals surface area contributed by atoms with Gasteiger partial charge in [-0.25, -0.2) is 4.79 Å². The first-order valence-electron chi connectivity index (χ1n) is 6.44. The van der Waals surface area contributed by atoms with E-state index in [0.717, 1.165) is 11.1 Å². The number of carboxylic acids is 1. The van der Waals surface area contributed by atoms with Crippen LogP contribution in [0, 0.1) is 20.8 Å². The van der Waals surface area contributed by atoms with Crippen molar-refractivity contribution in [2.75, 3.05) is 5.32 Å². The van der Waals surface area contributed by atoms with E-state index in [9.17, 15) is 9.59 Å². The molecule has 0 unspecified atom stereocenters. The predicted molar refractivity (Wildman–Crippen MR) is 76.4 cm³/mol. The molecular formula is C15H16N2O4. The number of aromatic carboxylic acids is 1. The summed E-state index contributed by atoms with van der Waals surface area (Å²) in [6.07, 6.45) is 0.137. The fourth-order valence-electron chi connectivity index (χ4n) is 2.00. The largest absolute Gasteiger partial charge is 0.478 e. The van der Waals surface area contributed by atoms with E-state index in [1.807, 2.05) is 0 Å². The number of nitrogens with one attached hydrogen (secondary N) is 1. The van der Waals surface area contributed by atoms with Gasteiger partial charge in [-0.2, -0.15) is 0 Å². The van der Waals surface area contributed by atoms with Gasteiger partial charge in [0, 0.05) is 11.3 Å².